The second-order valence-corrected chi connectivity index (χ2v) is 8.90. The lowest BCUT2D eigenvalue weighted by molar-refractivity contribution is -0.0738. The van der Waals surface area contributed by atoms with Crippen LogP contribution in [-0.4, -0.2) is 31.1 Å². The van der Waals surface area contributed by atoms with E-state index in [0.717, 1.165) is 0 Å². The molecule has 6 heteroatoms. The largest absolute Gasteiger partial charge is 0.383 e. The Bertz CT molecular complexity index is 494. The molecule has 0 bridgehead atoms. The van der Waals surface area contributed by atoms with E-state index in [9.17, 15) is 10.2 Å². The molecule has 116 valence electrons. The maximum atomic E-state index is 11.4. The third kappa shape index (κ3) is 2.85. The minimum atomic E-state index is -1.23. The van der Waals surface area contributed by atoms with Gasteiger partial charge in [0, 0.05) is 14.9 Å². The Morgan fingerprint density at radius 2 is 1.38 bits per heavy atom. The first-order chi connectivity index (χ1) is 9.79. The molecule has 21 heavy (non-hydrogen) atoms. The molecule has 0 spiro atoms. The Kier molecular flexibility index (Phi) is 5.82. The van der Waals surface area contributed by atoms with E-state index < -0.39 is 17.1 Å². The zero-order valence-electron chi connectivity index (χ0n) is 11.3. The van der Waals surface area contributed by atoms with Gasteiger partial charge in [-0.3, -0.25) is 0 Å². The summed E-state index contributed by atoms with van der Waals surface area (Å²) >= 11 is 14.0. The summed E-state index contributed by atoms with van der Waals surface area (Å²) in [7, 11) is 0. The molecule has 2 aliphatic carbocycles. The highest BCUT2D eigenvalue weighted by Gasteiger charge is 2.57. The van der Waals surface area contributed by atoms with E-state index >= 15 is 0 Å². The molecule has 2 N–H and O–H groups in total. The van der Waals surface area contributed by atoms with Crippen molar-refractivity contribution < 1.29 is 10.2 Å². The maximum Gasteiger partial charge on any atom is 0.118 e. The molecular weight excluding hydrogens is 532 g/mol. The van der Waals surface area contributed by atoms with Gasteiger partial charge >= 0.3 is 0 Å². The molecule has 0 aromatic carbocycles. The lowest BCUT2D eigenvalue weighted by atomic mass is 9.68. The summed E-state index contributed by atoms with van der Waals surface area (Å²) in [4.78, 5) is -0.575. The van der Waals surface area contributed by atoms with E-state index in [1.807, 2.05) is 43.4 Å². The fourth-order valence-corrected chi connectivity index (χ4v) is 6.42. The standard InChI is InChI=1S/C15H16Br4O2/c1-2-9(14(20)10(16)5-3-6-11(14)17)15(21)12(18)7-4-8-13(15)19/h3-10,12,20-21H,2H2,1H3/t10-,12-,14+,15+/m0/s1. The van der Waals surface area contributed by atoms with E-state index in [2.05, 4.69) is 63.7 Å². The van der Waals surface area contributed by atoms with Crippen LogP contribution < -0.4 is 0 Å². The average molecular weight is 548 g/mol. The van der Waals surface area contributed by atoms with Crippen molar-refractivity contribution in [1.82, 2.24) is 0 Å². The van der Waals surface area contributed by atoms with Crippen molar-refractivity contribution in [3.8, 4) is 0 Å². The molecule has 0 saturated carbocycles. The van der Waals surface area contributed by atoms with E-state index in [-0.39, 0.29) is 9.65 Å². The van der Waals surface area contributed by atoms with Crippen molar-refractivity contribution in [2.75, 3.05) is 0 Å². The summed E-state index contributed by atoms with van der Waals surface area (Å²) in [5.41, 5.74) is -2.47. The molecule has 4 atom stereocenters. The first-order valence-corrected chi connectivity index (χ1v) is 10.0. The van der Waals surface area contributed by atoms with Crippen LogP contribution in [0.1, 0.15) is 13.3 Å². The van der Waals surface area contributed by atoms with Crippen molar-refractivity contribution in [2.45, 2.75) is 34.2 Å². The molecule has 0 unspecified atom stereocenters. The van der Waals surface area contributed by atoms with Crippen LogP contribution in [0.15, 0.2) is 45.4 Å². The minimum Gasteiger partial charge on any atom is -0.383 e. The van der Waals surface area contributed by atoms with Gasteiger partial charge in [-0.25, -0.2) is 0 Å². The number of alkyl halides is 2. The van der Waals surface area contributed by atoms with Crippen molar-refractivity contribution >= 4 is 63.7 Å². The second kappa shape index (κ2) is 6.73. The van der Waals surface area contributed by atoms with Gasteiger partial charge in [0.25, 0.3) is 0 Å². The van der Waals surface area contributed by atoms with Crippen LogP contribution in [0.5, 0.6) is 0 Å². The van der Waals surface area contributed by atoms with Crippen LogP contribution in [0.25, 0.3) is 0 Å². The van der Waals surface area contributed by atoms with Crippen molar-refractivity contribution in [2.24, 2.45) is 5.92 Å². The fourth-order valence-electron chi connectivity index (χ4n) is 2.97. The van der Waals surface area contributed by atoms with Crippen LogP contribution in [-0.2, 0) is 0 Å². The number of allylic oxidation sites excluding steroid dienone is 4. The molecule has 2 nitrogen and oxygen atoms in total. The van der Waals surface area contributed by atoms with Crippen LogP contribution >= 0.6 is 63.7 Å². The third-order valence-corrected chi connectivity index (χ3v) is 7.93. The van der Waals surface area contributed by atoms with Gasteiger partial charge in [0.05, 0.1) is 9.65 Å². The van der Waals surface area contributed by atoms with Gasteiger partial charge in [0.15, 0.2) is 0 Å². The number of halogens is 4. The highest BCUT2D eigenvalue weighted by molar-refractivity contribution is 9.12. The Hall–Kier alpha value is 0.800. The van der Waals surface area contributed by atoms with Crippen molar-refractivity contribution in [1.29, 1.82) is 0 Å². The quantitative estimate of drug-likeness (QED) is 0.503. The van der Waals surface area contributed by atoms with Gasteiger partial charge in [0.2, 0.25) is 0 Å². The van der Waals surface area contributed by atoms with E-state index in [1.165, 1.54) is 0 Å². The predicted octanol–water partition coefficient (Wildman–Crippen LogP) is 4.70. The van der Waals surface area contributed by atoms with Gasteiger partial charge in [0.1, 0.15) is 11.2 Å². The summed E-state index contributed by atoms with van der Waals surface area (Å²) in [6, 6.07) is 0. The van der Waals surface area contributed by atoms with Crippen molar-refractivity contribution in [3.05, 3.63) is 45.4 Å². The first-order valence-electron chi connectivity index (χ1n) is 6.61. The summed E-state index contributed by atoms with van der Waals surface area (Å²) in [6.07, 6.45) is 11.8. The normalized spacial score (nSPS) is 39.4. The van der Waals surface area contributed by atoms with E-state index in [0.29, 0.717) is 15.4 Å². The van der Waals surface area contributed by atoms with Crippen molar-refractivity contribution in [3.63, 3.8) is 0 Å². The maximum absolute atomic E-state index is 11.4. The van der Waals surface area contributed by atoms with Crippen LogP contribution in [0, 0.1) is 5.92 Å². The molecule has 0 fully saturated rings. The molecule has 0 aromatic heterocycles. The summed E-state index contributed by atoms with van der Waals surface area (Å²) in [6.45, 7) is 1.97. The highest BCUT2D eigenvalue weighted by Crippen LogP contribution is 2.51. The SMILES string of the molecule is CCC([C@]1(O)C(Br)=CC=C[C@@H]1Br)[C@]1(O)C(Br)=CC=C[C@@H]1Br. The summed E-state index contributed by atoms with van der Waals surface area (Å²) in [5.74, 6) is -0.426. The van der Waals surface area contributed by atoms with Crippen LogP contribution in [0.3, 0.4) is 0 Å². The minimum absolute atomic E-state index is 0.288. The molecule has 0 aliphatic heterocycles. The number of hydrogen-bond acceptors (Lipinski definition) is 2. The lowest BCUT2D eigenvalue weighted by Gasteiger charge is -2.49. The number of hydrogen-bond donors (Lipinski definition) is 2. The zero-order valence-corrected chi connectivity index (χ0v) is 17.7. The van der Waals surface area contributed by atoms with E-state index in [1.54, 1.807) is 0 Å². The van der Waals surface area contributed by atoms with Gasteiger partial charge < -0.3 is 10.2 Å². The molecule has 2 aliphatic rings. The molecule has 0 heterocycles. The second-order valence-electron chi connectivity index (χ2n) is 5.21. The zero-order chi connectivity index (χ0) is 15.8. The number of aliphatic hydroxyl groups is 2. The van der Waals surface area contributed by atoms with Crippen LogP contribution in [0.2, 0.25) is 0 Å². The molecule has 0 aromatic rings. The molecular formula is C15H16Br4O2. The Balaban J connectivity index is 2.54. The van der Waals surface area contributed by atoms with Gasteiger partial charge in [-0.2, -0.15) is 0 Å². The molecule has 0 saturated heterocycles. The molecule has 2 rings (SSSR count). The monoisotopic (exact) mass is 544 g/mol. The Labute approximate surface area is 158 Å². The lowest BCUT2D eigenvalue weighted by Crippen LogP contribution is -2.60. The van der Waals surface area contributed by atoms with Gasteiger partial charge in [-0.05, 0) is 18.6 Å². The fraction of sp³-hybridized carbons (Fsp3) is 0.467. The topological polar surface area (TPSA) is 40.5 Å². The van der Waals surface area contributed by atoms with Gasteiger partial charge in [-0.15, -0.1) is 0 Å². The molecule has 0 amide bonds. The predicted molar refractivity (Wildman–Crippen MR) is 101 cm³/mol. The first kappa shape index (κ1) is 18.1. The third-order valence-electron chi connectivity index (χ3n) is 4.12. The Morgan fingerprint density at radius 3 is 1.67 bits per heavy atom. The van der Waals surface area contributed by atoms with Crippen LogP contribution in [0.4, 0.5) is 0 Å². The number of rotatable bonds is 3. The summed E-state index contributed by atoms with van der Waals surface area (Å²) in [5, 5.41) is 22.7. The molecule has 0 radical (unpaired) electrons. The smallest absolute Gasteiger partial charge is 0.118 e. The van der Waals surface area contributed by atoms with E-state index in [4.69, 9.17) is 0 Å². The highest BCUT2D eigenvalue weighted by atomic mass is 79.9. The summed E-state index contributed by atoms with van der Waals surface area (Å²) < 4.78 is 1.32. The average Bonchev–Trinajstić information content (AvgIpc) is 2.43. The van der Waals surface area contributed by atoms with Gasteiger partial charge in [-0.1, -0.05) is 94.9 Å². The Morgan fingerprint density at radius 1 is 1.00 bits per heavy atom.